The summed E-state index contributed by atoms with van der Waals surface area (Å²) in [5.41, 5.74) is 4.90. The van der Waals surface area contributed by atoms with Gasteiger partial charge in [-0.3, -0.25) is 15.1 Å². The van der Waals surface area contributed by atoms with Crippen molar-refractivity contribution in [3.8, 4) is 22.8 Å². The molecule has 0 saturated carbocycles. The number of rotatable bonds is 3. The minimum Gasteiger partial charge on any atom is -0.355 e. The number of H-pyrrole nitrogens is 2. The maximum atomic E-state index is 4.88. The molecule has 0 aromatic carbocycles. The summed E-state index contributed by atoms with van der Waals surface area (Å²) in [5, 5.41) is 8.37. The van der Waals surface area contributed by atoms with Crippen molar-refractivity contribution in [3.05, 3.63) is 43.1 Å². The largest absolute Gasteiger partial charge is 0.355 e. The Hall–Kier alpha value is -3.88. The first kappa shape index (κ1) is 17.0. The lowest BCUT2D eigenvalue weighted by molar-refractivity contribution is 0.574. The summed E-state index contributed by atoms with van der Waals surface area (Å²) >= 11 is 0. The molecular formula is C21H19N9. The van der Waals surface area contributed by atoms with Gasteiger partial charge in [0.15, 0.2) is 17.3 Å². The van der Waals surface area contributed by atoms with Crippen molar-refractivity contribution in [3.63, 3.8) is 0 Å². The molecule has 0 atom stereocenters. The minimum atomic E-state index is 0.695. The molecule has 30 heavy (non-hydrogen) atoms. The van der Waals surface area contributed by atoms with E-state index in [-0.39, 0.29) is 0 Å². The number of hydrogen-bond acceptors (Lipinski definition) is 7. The molecule has 0 unspecified atom stereocenters. The zero-order valence-electron chi connectivity index (χ0n) is 16.2. The molecule has 5 aromatic heterocycles. The molecule has 2 N–H and O–H groups in total. The van der Waals surface area contributed by atoms with Crippen LogP contribution in [-0.2, 0) is 0 Å². The van der Waals surface area contributed by atoms with E-state index in [0.29, 0.717) is 11.5 Å². The number of aromatic amines is 2. The molecule has 6 rings (SSSR count). The fraction of sp³-hybridized carbons (Fsp3) is 0.238. The number of nitrogens with zero attached hydrogens (tertiary/aromatic N) is 7. The fourth-order valence-electron chi connectivity index (χ4n) is 4.04. The van der Waals surface area contributed by atoms with Crippen LogP contribution in [0.3, 0.4) is 0 Å². The van der Waals surface area contributed by atoms with E-state index in [4.69, 9.17) is 4.98 Å². The molecule has 1 aliphatic heterocycles. The van der Waals surface area contributed by atoms with Crippen molar-refractivity contribution in [1.82, 2.24) is 40.1 Å². The third kappa shape index (κ3) is 2.78. The summed E-state index contributed by atoms with van der Waals surface area (Å²) in [6.45, 7) is 2.04. The van der Waals surface area contributed by atoms with E-state index < -0.39 is 0 Å². The lowest BCUT2D eigenvalue weighted by Gasteiger charge is -2.27. The number of hydrogen-bond donors (Lipinski definition) is 2. The molecule has 0 bridgehead atoms. The van der Waals surface area contributed by atoms with Crippen LogP contribution >= 0.6 is 0 Å². The second-order valence-electron chi connectivity index (χ2n) is 7.45. The van der Waals surface area contributed by atoms with E-state index >= 15 is 0 Å². The van der Waals surface area contributed by atoms with Gasteiger partial charge in [-0.2, -0.15) is 5.10 Å². The molecule has 6 heterocycles. The Labute approximate surface area is 171 Å². The van der Waals surface area contributed by atoms with Crippen LogP contribution in [0.5, 0.6) is 0 Å². The highest BCUT2D eigenvalue weighted by Gasteiger charge is 2.20. The summed E-state index contributed by atoms with van der Waals surface area (Å²) in [7, 11) is 0. The van der Waals surface area contributed by atoms with Gasteiger partial charge in [-0.1, -0.05) is 0 Å². The van der Waals surface area contributed by atoms with Crippen LogP contribution < -0.4 is 4.90 Å². The average molecular weight is 397 g/mol. The Balaban J connectivity index is 1.47. The third-order valence-electron chi connectivity index (χ3n) is 5.54. The highest BCUT2D eigenvalue weighted by Crippen LogP contribution is 2.31. The quantitative estimate of drug-likeness (QED) is 0.480. The van der Waals surface area contributed by atoms with Crippen LogP contribution in [-0.4, -0.2) is 53.2 Å². The molecule has 0 radical (unpaired) electrons. The monoisotopic (exact) mass is 397 g/mol. The van der Waals surface area contributed by atoms with Gasteiger partial charge in [-0.05, 0) is 31.4 Å². The van der Waals surface area contributed by atoms with Gasteiger partial charge in [0.2, 0.25) is 0 Å². The zero-order valence-corrected chi connectivity index (χ0v) is 16.2. The molecule has 1 saturated heterocycles. The summed E-state index contributed by atoms with van der Waals surface area (Å²) < 4.78 is 0. The SMILES string of the molecule is c1cnc(-c2cnc3[nH]nc(-c4nc5c(N6CCCCC6)nccc5[nH]4)c3c2)cn1. The van der Waals surface area contributed by atoms with Gasteiger partial charge in [-0.25, -0.2) is 15.0 Å². The van der Waals surface area contributed by atoms with Gasteiger partial charge in [0, 0.05) is 43.4 Å². The van der Waals surface area contributed by atoms with E-state index in [1.807, 2.05) is 18.3 Å². The number of piperidine rings is 1. The number of imidazole rings is 1. The lowest BCUT2D eigenvalue weighted by Crippen LogP contribution is -2.30. The first-order chi connectivity index (χ1) is 14.9. The van der Waals surface area contributed by atoms with Gasteiger partial charge < -0.3 is 9.88 Å². The highest BCUT2D eigenvalue weighted by atomic mass is 15.2. The van der Waals surface area contributed by atoms with Crippen molar-refractivity contribution in [2.24, 2.45) is 0 Å². The number of fused-ring (bicyclic) bond motifs is 2. The zero-order chi connectivity index (χ0) is 19.9. The molecule has 0 aliphatic carbocycles. The Morgan fingerprint density at radius 1 is 0.933 bits per heavy atom. The molecule has 1 aliphatic rings. The molecule has 5 aromatic rings. The van der Waals surface area contributed by atoms with E-state index in [1.165, 1.54) is 19.3 Å². The second kappa shape index (κ2) is 6.87. The van der Waals surface area contributed by atoms with Gasteiger partial charge >= 0.3 is 0 Å². The first-order valence-electron chi connectivity index (χ1n) is 10.1. The van der Waals surface area contributed by atoms with Crippen LogP contribution in [0.25, 0.3) is 44.8 Å². The maximum absolute atomic E-state index is 4.88. The van der Waals surface area contributed by atoms with E-state index in [2.05, 4.69) is 40.0 Å². The Bertz CT molecular complexity index is 1330. The van der Waals surface area contributed by atoms with Crippen molar-refractivity contribution in [1.29, 1.82) is 0 Å². The molecule has 0 amide bonds. The maximum Gasteiger partial charge on any atom is 0.159 e. The predicted octanol–water partition coefficient (Wildman–Crippen LogP) is 3.34. The van der Waals surface area contributed by atoms with Crippen LogP contribution in [0.1, 0.15) is 19.3 Å². The van der Waals surface area contributed by atoms with Gasteiger partial charge in [0.25, 0.3) is 0 Å². The molecule has 148 valence electrons. The van der Waals surface area contributed by atoms with Crippen molar-refractivity contribution in [2.45, 2.75) is 19.3 Å². The van der Waals surface area contributed by atoms with E-state index in [9.17, 15) is 0 Å². The number of anilines is 1. The Morgan fingerprint density at radius 3 is 2.73 bits per heavy atom. The highest BCUT2D eigenvalue weighted by molar-refractivity contribution is 5.95. The molecule has 9 nitrogen and oxygen atoms in total. The van der Waals surface area contributed by atoms with E-state index in [0.717, 1.165) is 52.3 Å². The normalized spacial score (nSPS) is 14.6. The topological polar surface area (TPSA) is 112 Å². The molecule has 1 fully saturated rings. The predicted molar refractivity (Wildman–Crippen MR) is 114 cm³/mol. The average Bonchev–Trinajstić information content (AvgIpc) is 3.43. The smallest absolute Gasteiger partial charge is 0.159 e. The third-order valence-corrected chi connectivity index (χ3v) is 5.54. The molecule has 0 spiro atoms. The van der Waals surface area contributed by atoms with Crippen molar-refractivity contribution < 1.29 is 0 Å². The van der Waals surface area contributed by atoms with Crippen LogP contribution in [0.2, 0.25) is 0 Å². The van der Waals surface area contributed by atoms with Crippen LogP contribution in [0.15, 0.2) is 43.1 Å². The summed E-state index contributed by atoms with van der Waals surface area (Å²) in [6, 6.07) is 3.97. The Kier molecular flexibility index (Phi) is 3.90. The Morgan fingerprint density at radius 2 is 1.87 bits per heavy atom. The van der Waals surface area contributed by atoms with Gasteiger partial charge in [0.1, 0.15) is 11.2 Å². The molecular weight excluding hydrogens is 378 g/mol. The van der Waals surface area contributed by atoms with E-state index in [1.54, 1.807) is 24.8 Å². The summed E-state index contributed by atoms with van der Waals surface area (Å²) in [4.78, 5) is 28.3. The van der Waals surface area contributed by atoms with Gasteiger partial charge in [0.05, 0.1) is 22.8 Å². The minimum absolute atomic E-state index is 0.695. The second-order valence-corrected chi connectivity index (χ2v) is 7.45. The standard InChI is InChI=1S/C21H19N9/c1-2-8-30(9-3-1)21-18-15(4-5-24-21)26-20(27-18)17-14-10-13(11-25-19(14)29-28-17)16-12-22-6-7-23-16/h4-7,10-12H,1-3,8-9H2,(H,26,27)(H,25,28,29). The van der Waals surface area contributed by atoms with Crippen LogP contribution in [0.4, 0.5) is 5.82 Å². The summed E-state index contributed by atoms with van der Waals surface area (Å²) in [5.74, 6) is 1.63. The van der Waals surface area contributed by atoms with Crippen LogP contribution in [0, 0.1) is 0 Å². The summed E-state index contributed by atoms with van der Waals surface area (Å²) in [6.07, 6.45) is 12.3. The fourth-order valence-corrected chi connectivity index (χ4v) is 4.04. The van der Waals surface area contributed by atoms with Crippen molar-refractivity contribution >= 4 is 27.9 Å². The first-order valence-corrected chi connectivity index (χ1v) is 10.1. The number of nitrogens with one attached hydrogen (secondary N) is 2. The molecule has 9 heteroatoms. The van der Waals surface area contributed by atoms with Gasteiger partial charge in [-0.15, -0.1) is 0 Å². The number of aromatic nitrogens is 8. The number of pyridine rings is 2. The van der Waals surface area contributed by atoms with Crippen molar-refractivity contribution in [2.75, 3.05) is 18.0 Å². The lowest BCUT2D eigenvalue weighted by atomic mass is 10.1.